The average molecular weight is 277 g/mol. The van der Waals surface area contributed by atoms with Gasteiger partial charge in [0.2, 0.25) is 11.8 Å². The SMILES string of the molecule is OCC1CCCN1Cc1nnc(-c2ccc(F)cc2)o1. The Kier molecular flexibility index (Phi) is 3.75. The molecule has 1 aliphatic heterocycles. The van der Waals surface area contributed by atoms with Crippen molar-refractivity contribution in [3.8, 4) is 11.5 Å². The van der Waals surface area contributed by atoms with Crippen LogP contribution in [-0.4, -0.2) is 39.4 Å². The fourth-order valence-corrected chi connectivity index (χ4v) is 2.51. The summed E-state index contributed by atoms with van der Waals surface area (Å²) in [5.74, 6) is 0.612. The van der Waals surface area contributed by atoms with E-state index in [9.17, 15) is 9.50 Å². The van der Waals surface area contributed by atoms with Crippen LogP contribution in [0, 0.1) is 5.82 Å². The minimum Gasteiger partial charge on any atom is -0.419 e. The van der Waals surface area contributed by atoms with Gasteiger partial charge in [-0.2, -0.15) is 0 Å². The number of hydrogen-bond donors (Lipinski definition) is 1. The van der Waals surface area contributed by atoms with Gasteiger partial charge in [-0.15, -0.1) is 10.2 Å². The lowest BCUT2D eigenvalue weighted by molar-refractivity contribution is 0.144. The molecule has 1 saturated heterocycles. The van der Waals surface area contributed by atoms with Crippen LogP contribution in [0.4, 0.5) is 4.39 Å². The molecule has 2 aromatic rings. The molecule has 2 heterocycles. The van der Waals surface area contributed by atoms with Crippen LogP contribution in [0.3, 0.4) is 0 Å². The van der Waals surface area contributed by atoms with E-state index in [-0.39, 0.29) is 18.5 Å². The number of halogens is 1. The summed E-state index contributed by atoms with van der Waals surface area (Å²) in [5.41, 5.74) is 0.699. The lowest BCUT2D eigenvalue weighted by Crippen LogP contribution is -2.31. The Balaban J connectivity index is 1.72. The topological polar surface area (TPSA) is 62.4 Å². The maximum atomic E-state index is 12.9. The number of benzene rings is 1. The maximum absolute atomic E-state index is 12.9. The van der Waals surface area contributed by atoms with Crippen molar-refractivity contribution in [3.63, 3.8) is 0 Å². The van der Waals surface area contributed by atoms with Gasteiger partial charge in [0.15, 0.2) is 0 Å². The summed E-state index contributed by atoms with van der Waals surface area (Å²) in [5, 5.41) is 17.3. The number of aliphatic hydroxyl groups excluding tert-OH is 1. The van der Waals surface area contributed by atoms with Gasteiger partial charge in [-0.1, -0.05) is 0 Å². The first-order valence-corrected chi connectivity index (χ1v) is 6.69. The third kappa shape index (κ3) is 2.71. The second-order valence-corrected chi connectivity index (χ2v) is 4.96. The highest BCUT2D eigenvalue weighted by Crippen LogP contribution is 2.22. The van der Waals surface area contributed by atoms with Crippen molar-refractivity contribution in [2.45, 2.75) is 25.4 Å². The largest absolute Gasteiger partial charge is 0.419 e. The second-order valence-electron chi connectivity index (χ2n) is 4.96. The lowest BCUT2D eigenvalue weighted by atomic mass is 10.2. The normalized spacial score (nSPS) is 19.6. The number of rotatable bonds is 4. The van der Waals surface area contributed by atoms with Crippen LogP contribution in [0.15, 0.2) is 28.7 Å². The molecule has 1 aromatic heterocycles. The zero-order valence-corrected chi connectivity index (χ0v) is 11.0. The molecule has 0 saturated carbocycles. The maximum Gasteiger partial charge on any atom is 0.247 e. The average Bonchev–Trinajstić information content (AvgIpc) is 3.09. The van der Waals surface area contributed by atoms with Crippen molar-refractivity contribution in [1.29, 1.82) is 0 Å². The van der Waals surface area contributed by atoms with E-state index in [2.05, 4.69) is 15.1 Å². The number of aliphatic hydroxyl groups is 1. The monoisotopic (exact) mass is 277 g/mol. The van der Waals surface area contributed by atoms with Crippen molar-refractivity contribution in [2.24, 2.45) is 0 Å². The molecule has 5 nitrogen and oxygen atoms in total. The predicted molar refractivity (Wildman–Crippen MR) is 70.2 cm³/mol. The molecule has 6 heteroatoms. The van der Waals surface area contributed by atoms with E-state index < -0.39 is 0 Å². The Morgan fingerprint density at radius 3 is 2.85 bits per heavy atom. The summed E-state index contributed by atoms with van der Waals surface area (Å²) in [6.07, 6.45) is 2.07. The smallest absolute Gasteiger partial charge is 0.247 e. The molecule has 0 aliphatic carbocycles. The highest BCUT2D eigenvalue weighted by molar-refractivity contribution is 5.51. The van der Waals surface area contributed by atoms with Crippen LogP contribution in [-0.2, 0) is 6.54 Å². The summed E-state index contributed by atoms with van der Waals surface area (Å²) in [7, 11) is 0. The van der Waals surface area contributed by atoms with Gasteiger partial charge in [-0.3, -0.25) is 4.90 Å². The number of aromatic nitrogens is 2. The number of likely N-dealkylation sites (tertiary alicyclic amines) is 1. The van der Waals surface area contributed by atoms with E-state index in [1.165, 1.54) is 12.1 Å². The van der Waals surface area contributed by atoms with E-state index >= 15 is 0 Å². The second kappa shape index (κ2) is 5.68. The lowest BCUT2D eigenvalue weighted by Gasteiger charge is -2.20. The zero-order chi connectivity index (χ0) is 13.9. The van der Waals surface area contributed by atoms with E-state index in [0.29, 0.717) is 23.9 Å². The van der Waals surface area contributed by atoms with Crippen molar-refractivity contribution >= 4 is 0 Å². The Hall–Kier alpha value is -1.79. The Bertz CT molecular complexity index is 570. The fourth-order valence-electron chi connectivity index (χ4n) is 2.51. The van der Waals surface area contributed by atoms with Gasteiger partial charge in [-0.05, 0) is 43.7 Å². The first kappa shape index (κ1) is 13.2. The van der Waals surface area contributed by atoms with Crippen LogP contribution in [0.2, 0.25) is 0 Å². The fraction of sp³-hybridized carbons (Fsp3) is 0.429. The minimum atomic E-state index is -0.295. The van der Waals surface area contributed by atoms with Gasteiger partial charge < -0.3 is 9.52 Å². The summed E-state index contributed by atoms with van der Waals surface area (Å²) in [6.45, 7) is 1.62. The number of hydrogen-bond acceptors (Lipinski definition) is 5. The van der Waals surface area contributed by atoms with Gasteiger partial charge in [0, 0.05) is 11.6 Å². The van der Waals surface area contributed by atoms with Gasteiger partial charge >= 0.3 is 0 Å². The molecule has 1 N–H and O–H groups in total. The van der Waals surface area contributed by atoms with Gasteiger partial charge in [-0.25, -0.2) is 4.39 Å². The molecule has 1 aliphatic rings. The van der Waals surface area contributed by atoms with Crippen LogP contribution in [0.1, 0.15) is 18.7 Å². The molecular weight excluding hydrogens is 261 g/mol. The molecule has 0 amide bonds. The molecule has 0 radical (unpaired) electrons. The van der Waals surface area contributed by atoms with Crippen LogP contribution < -0.4 is 0 Å². The highest BCUT2D eigenvalue weighted by atomic mass is 19.1. The third-order valence-electron chi connectivity index (χ3n) is 3.61. The summed E-state index contributed by atoms with van der Waals surface area (Å²) >= 11 is 0. The minimum absolute atomic E-state index is 0.152. The molecule has 1 unspecified atom stereocenters. The van der Waals surface area contributed by atoms with Crippen molar-refractivity contribution in [1.82, 2.24) is 15.1 Å². The van der Waals surface area contributed by atoms with Crippen LogP contribution in [0.5, 0.6) is 0 Å². The highest BCUT2D eigenvalue weighted by Gasteiger charge is 2.25. The van der Waals surface area contributed by atoms with E-state index in [1.807, 2.05) is 0 Å². The Morgan fingerprint density at radius 2 is 2.10 bits per heavy atom. The van der Waals surface area contributed by atoms with Gasteiger partial charge in [0.05, 0.1) is 13.2 Å². The van der Waals surface area contributed by atoms with Crippen LogP contribution >= 0.6 is 0 Å². The number of nitrogens with zero attached hydrogens (tertiary/aromatic N) is 3. The zero-order valence-electron chi connectivity index (χ0n) is 11.0. The first-order chi connectivity index (χ1) is 9.76. The van der Waals surface area contributed by atoms with Gasteiger partial charge in [0.25, 0.3) is 0 Å². The molecule has 3 rings (SSSR count). The van der Waals surface area contributed by atoms with E-state index in [1.54, 1.807) is 12.1 Å². The molecule has 0 bridgehead atoms. The standard InChI is InChI=1S/C14H16FN3O2/c15-11-5-3-10(4-6-11)14-17-16-13(20-14)8-18-7-1-2-12(18)9-19/h3-6,12,19H,1-2,7-9H2. The summed E-state index contributed by atoms with van der Waals surface area (Å²) in [4.78, 5) is 2.14. The van der Waals surface area contributed by atoms with Crippen molar-refractivity contribution in [3.05, 3.63) is 36.0 Å². The van der Waals surface area contributed by atoms with Gasteiger partial charge in [0.1, 0.15) is 5.82 Å². The predicted octanol–water partition coefficient (Wildman–Crippen LogP) is 1.83. The molecule has 1 aromatic carbocycles. The van der Waals surface area contributed by atoms with Crippen LogP contribution in [0.25, 0.3) is 11.5 Å². The molecule has 1 fully saturated rings. The van der Waals surface area contributed by atoms with Crippen molar-refractivity contribution < 1.29 is 13.9 Å². The molecule has 0 spiro atoms. The van der Waals surface area contributed by atoms with E-state index in [4.69, 9.17) is 4.42 Å². The summed E-state index contributed by atoms with van der Waals surface area (Å²) in [6, 6.07) is 6.12. The third-order valence-corrected chi connectivity index (χ3v) is 3.61. The quantitative estimate of drug-likeness (QED) is 0.923. The van der Waals surface area contributed by atoms with E-state index in [0.717, 1.165) is 19.4 Å². The molecule has 20 heavy (non-hydrogen) atoms. The first-order valence-electron chi connectivity index (χ1n) is 6.69. The Labute approximate surface area is 116 Å². The molecule has 106 valence electrons. The Morgan fingerprint density at radius 1 is 1.30 bits per heavy atom. The summed E-state index contributed by atoms with van der Waals surface area (Å²) < 4.78 is 18.5. The van der Waals surface area contributed by atoms with Crippen molar-refractivity contribution in [2.75, 3.05) is 13.2 Å². The molecular formula is C14H16FN3O2. The molecule has 1 atom stereocenters.